The molecule has 0 saturated heterocycles. The summed E-state index contributed by atoms with van der Waals surface area (Å²) in [7, 11) is 1.74. The summed E-state index contributed by atoms with van der Waals surface area (Å²) in [6.07, 6.45) is 6.35. The first-order valence-corrected chi connectivity index (χ1v) is 8.78. The number of hydrogen-bond acceptors (Lipinski definition) is 3. The first kappa shape index (κ1) is 15.9. The molecule has 3 aromatic rings. The molecule has 2 aromatic carbocycles. The third-order valence-corrected chi connectivity index (χ3v) is 4.72. The van der Waals surface area contributed by atoms with Crippen LogP contribution in [-0.2, 0) is 13.1 Å². The molecule has 1 aromatic heterocycles. The molecule has 0 amide bonds. The minimum Gasteiger partial charge on any atom is -0.496 e. The standard InChI is InChI=1S/C21H23N3O/c1-25-21-6-3-2-5-18(21)16-23(19-11-12-19)15-17-7-9-20(10-8-17)24-14-4-13-22-24/h2-10,13-14,19H,11-12,15-16H2,1H3. The molecule has 1 saturated carbocycles. The Morgan fingerprint density at radius 3 is 2.52 bits per heavy atom. The van der Waals surface area contributed by atoms with Gasteiger partial charge in [-0.25, -0.2) is 4.68 Å². The second-order valence-corrected chi connectivity index (χ2v) is 6.57. The largest absolute Gasteiger partial charge is 0.496 e. The molecule has 0 atom stereocenters. The average molecular weight is 333 g/mol. The summed E-state index contributed by atoms with van der Waals surface area (Å²) in [5.74, 6) is 0.974. The Balaban J connectivity index is 1.48. The van der Waals surface area contributed by atoms with E-state index in [0.29, 0.717) is 6.04 Å². The fourth-order valence-electron chi connectivity index (χ4n) is 3.22. The lowest BCUT2D eigenvalue weighted by Gasteiger charge is -2.23. The van der Waals surface area contributed by atoms with E-state index in [4.69, 9.17) is 4.74 Å². The minimum atomic E-state index is 0.690. The van der Waals surface area contributed by atoms with Crippen molar-refractivity contribution in [1.29, 1.82) is 0 Å². The van der Waals surface area contributed by atoms with Crippen LogP contribution in [0.3, 0.4) is 0 Å². The number of aromatic nitrogens is 2. The van der Waals surface area contributed by atoms with E-state index in [1.165, 1.54) is 24.0 Å². The normalized spacial score (nSPS) is 14.0. The Labute approximate surface area is 148 Å². The average Bonchev–Trinajstić information content (AvgIpc) is 3.36. The molecule has 1 aliphatic carbocycles. The van der Waals surface area contributed by atoms with Crippen molar-refractivity contribution in [2.45, 2.75) is 32.0 Å². The highest BCUT2D eigenvalue weighted by molar-refractivity contribution is 5.35. The molecule has 4 nitrogen and oxygen atoms in total. The van der Waals surface area contributed by atoms with Crippen LogP contribution in [0, 0.1) is 0 Å². The van der Waals surface area contributed by atoms with Gasteiger partial charge in [0.1, 0.15) is 5.75 Å². The molecule has 0 spiro atoms. The van der Waals surface area contributed by atoms with Crippen LogP contribution in [0.5, 0.6) is 5.75 Å². The van der Waals surface area contributed by atoms with Gasteiger partial charge in [-0.05, 0) is 42.7 Å². The van der Waals surface area contributed by atoms with Crippen molar-refractivity contribution in [2.75, 3.05) is 7.11 Å². The first-order chi connectivity index (χ1) is 12.3. The lowest BCUT2D eigenvalue weighted by molar-refractivity contribution is 0.242. The Hall–Kier alpha value is -2.59. The summed E-state index contributed by atoms with van der Waals surface area (Å²) < 4.78 is 7.40. The Morgan fingerprint density at radius 1 is 1.04 bits per heavy atom. The molecule has 128 valence electrons. The number of para-hydroxylation sites is 1. The molecule has 1 fully saturated rings. The lowest BCUT2D eigenvalue weighted by atomic mass is 10.1. The Bertz CT molecular complexity index is 807. The minimum absolute atomic E-state index is 0.690. The summed E-state index contributed by atoms with van der Waals surface area (Å²) in [6, 6.07) is 19.6. The number of methoxy groups -OCH3 is 1. The Kier molecular flexibility index (Phi) is 4.53. The van der Waals surface area contributed by atoms with Crippen LogP contribution < -0.4 is 4.74 Å². The molecule has 0 radical (unpaired) electrons. The van der Waals surface area contributed by atoms with Gasteiger partial charge in [-0.3, -0.25) is 4.90 Å². The van der Waals surface area contributed by atoms with Gasteiger partial charge in [-0.15, -0.1) is 0 Å². The third kappa shape index (κ3) is 3.74. The number of benzene rings is 2. The van der Waals surface area contributed by atoms with E-state index in [2.05, 4.69) is 46.4 Å². The van der Waals surface area contributed by atoms with Crippen molar-refractivity contribution >= 4 is 0 Å². The summed E-state index contributed by atoms with van der Waals surface area (Å²) in [4.78, 5) is 2.56. The zero-order chi connectivity index (χ0) is 17.1. The van der Waals surface area contributed by atoms with Crippen LogP contribution in [0.1, 0.15) is 24.0 Å². The van der Waals surface area contributed by atoms with Gasteiger partial charge in [-0.1, -0.05) is 30.3 Å². The summed E-state index contributed by atoms with van der Waals surface area (Å²) in [6.45, 7) is 1.89. The van der Waals surface area contributed by atoms with Crippen LogP contribution >= 0.6 is 0 Å². The van der Waals surface area contributed by atoms with E-state index in [1.54, 1.807) is 13.3 Å². The zero-order valence-electron chi connectivity index (χ0n) is 14.5. The van der Waals surface area contributed by atoms with E-state index < -0.39 is 0 Å². The molecule has 1 heterocycles. The number of hydrogen-bond donors (Lipinski definition) is 0. The SMILES string of the molecule is COc1ccccc1CN(Cc1ccc(-n2cccn2)cc1)C1CC1. The van der Waals surface area contributed by atoms with Gasteiger partial charge in [0.15, 0.2) is 0 Å². The highest BCUT2D eigenvalue weighted by Crippen LogP contribution is 2.31. The van der Waals surface area contributed by atoms with Gasteiger partial charge in [0, 0.05) is 37.1 Å². The molecule has 0 N–H and O–H groups in total. The second-order valence-electron chi connectivity index (χ2n) is 6.57. The van der Waals surface area contributed by atoms with Gasteiger partial charge in [0.25, 0.3) is 0 Å². The number of ether oxygens (including phenoxy) is 1. The van der Waals surface area contributed by atoms with Crippen LogP contribution in [0.2, 0.25) is 0 Å². The van der Waals surface area contributed by atoms with Crippen LogP contribution in [0.25, 0.3) is 5.69 Å². The van der Waals surface area contributed by atoms with E-state index in [9.17, 15) is 0 Å². The van der Waals surface area contributed by atoms with Crippen molar-refractivity contribution < 1.29 is 4.74 Å². The molecule has 25 heavy (non-hydrogen) atoms. The maximum absolute atomic E-state index is 5.52. The topological polar surface area (TPSA) is 30.3 Å². The molecule has 0 aliphatic heterocycles. The summed E-state index contributed by atoms with van der Waals surface area (Å²) in [5, 5.41) is 4.28. The highest BCUT2D eigenvalue weighted by Gasteiger charge is 2.29. The van der Waals surface area contributed by atoms with Gasteiger partial charge in [0.2, 0.25) is 0 Å². The van der Waals surface area contributed by atoms with Crippen molar-refractivity contribution in [3.63, 3.8) is 0 Å². The molecule has 0 bridgehead atoms. The fourth-order valence-corrected chi connectivity index (χ4v) is 3.22. The van der Waals surface area contributed by atoms with E-state index >= 15 is 0 Å². The predicted octanol–water partition coefficient (Wildman–Crippen LogP) is 4.05. The number of nitrogens with zero attached hydrogens (tertiary/aromatic N) is 3. The second kappa shape index (κ2) is 7.11. The zero-order valence-corrected chi connectivity index (χ0v) is 14.5. The van der Waals surface area contributed by atoms with Crippen LogP contribution in [0.4, 0.5) is 0 Å². The van der Waals surface area contributed by atoms with E-state index in [-0.39, 0.29) is 0 Å². The van der Waals surface area contributed by atoms with Gasteiger partial charge in [-0.2, -0.15) is 5.10 Å². The third-order valence-electron chi connectivity index (χ3n) is 4.72. The molecule has 1 aliphatic rings. The van der Waals surface area contributed by atoms with Gasteiger partial charge >= 0.3 is 0 Å². The summed E-state index contributed by atoms with van der Waals surface area (Å²) in [5.41, 5.74) is 3.68. The van der Waals surface area contributed by atoms with E-state index in [1.807, 2.05) is 29.1 Å². The number of rotatable bonds is 7. The van der Waals surface area contributed by atoms with Gasteiger partial charge < -0.3 is 4.74 Å². The van der Waals surface area contributed by atoms with Crippen molar-refractivity contribution in [1.82, 2.24) is 14.7 Å². The van der Waals surface area contributed by atoms with E-state index in [0.717, 1.165) is 24.5 Å². The van der Waals surface area contributed by atoms with Crippen molar-refractivity contribution in [2.24, 2.45) is 0 Å². The van der Waals surface area contributed by atoms with Crippen LogP contribution in [-0.4, -0.2) is 27.8 Å². The molecule has 0 unspecified atom stereocenters. The first-order valence-electron chi connectivity index (χ1n) is 8.78. The quantitative estimate of drug-likeness (QED) is 0.653. The predicted molar refractivity (Wildman–Crippen MR) is 98.8 cm³/mol. The lowest BCUT2D eigenvalue weighted by Crippen LogP contribution is -2.25. The molecular weight excluding hydrogens is 310 g/mol. The fraction of sp³-hybridized carbons (Fsp3) is 0.286. The highest BCUT2D eigenvalue weighted by atomic mass is 16.5. The monoisotopic (exact) mass is 333 g/mol. The van der Waals surface area contributed by atoms with Crippen molar-refractivity contribution in [3.8, 4) is 11.4 Å². The summed E-state index contributed by atoms with van der Waals surface area (Å²) >= 11 is 0. The molecular formula is C21H23N3O. The smallest absolute Gasteiger partial charge is 0.123 e. The maximum Gasteiger partial charge on any atom is 0.123 e. The maximum atomic E-state index is 5.52. The van der Waals surface area contributed by atoms with Crippen molar-refractivity contribution in [3.05, 3.63) is 78.1 Å². The molecule has 4 rings (SSSR count). The van der Waals surface area contributed by atoms with Gasteiger partial charge in [0.05, 0.1) is 12.8 Å². The van der Waals surface area contributed by atoms with Crippen LogP contribution in [0.15, 0.2) is 67.0 Å². The molecule has 4 heteroatoms. The Morgan fingerprint density at radius 2 is 1.84 bits per heavy atom.